The number of nitrogens with one attached hydrogen (secondary N) is 7. The van der Waals surface area contributed by atoms with Crippen molar-refractivity contribution in [1.82, 2.24) is 35.1 Å². The van der Waals surface area contributed by atoms with Gasteiger partial charge in [0.05, 0.1) is 16.7 Å². The molecule has 0 radical (unpaired) electrons. The second kappa shape index (κ2) is 16.0. The minimum absolute atomic E-state index is 0.358. The lowest BCUT2D eigenvalue weighted by Crippen LogP contribution is -2.31. The number of amides is 1. The first-order valence-electron chi connectivity index (χ1n) is 14.5. The summed E-state index contributed by atoms with van der Waals surface area (Å²) in [5.74, 6) is 0.169. The van der Waals surface area contributed by atoms with E-state index < -0.39 is 17.7 Å². The molecule has 0 aliphatic heterocycles. The molecule has 16 nitrogen and oxygen atoms in total. The molecule has 16 heteroatoms. The summed E-state index contributed by atoms with van der Waals surface area (Å²) >= 11 is 0. The maximum Gasteiger partial charge on any atom is 0.323 e. The number of ketones is 1. The standard InChI is InChI=1S/C29H39N13O3/c1-18(43)24(25(44)33-21-11-12-22-23(17-21)36-29(45)35-22)41-40-20-9-7-19(8-10-20)34-28-38-26(31-14-5-13-30-2)37-27(39-28)32-15-6-16-42(3)4/h7-12,17,24,30H,5-6,13-16H2,1-4H3,(H,33,44)(H2,35,36,45)(H3,31,32,34,37,38,39). The van der Waals surface area contributed by atoms with Gasteiger partial charge in [-0.3, -0.25) is 9.59 Å². The van der Waals surface area contributed by atoms with Gasteiger partial charge in [-0.1, -0.05) is 0 Å². The van der Waals surface area contributed by atoms with Crippen LogP contribution in [0.3, 0.4) is 0 Å². The highest BCUT2D eigenvalue weighted by Crippen LogP contribution is 2.21. The highest BCUT2D eigenvalue weighted by molar-refractivity contribution is 6.10. The molecule has 4 aromatic rings. The zero-order valence-corrected chi connectivity index (χ0v) is 25.8. The molecule has 0 spiro atoms. The van der Waals surface area contributed by atoms with Crippen LogP contribution in [0.15, 0.2) is 57.5 Å². The van der Waals surface area contributed by atoms with Gasteiger partial charge in [0.25, 0.3) is 5.91 Å². The van der Waals surface area contributed by atoms with Gasteiger partial charge in [0.1, 0.15) is 0 Å². The van der Waals surface area contributed by atoms with E-state index in [0.29, 0.717) is 59.0 Å². The van der Waals surface area contributed by atoms with Gasteiger partial charge >= 0.3 is 5.69 Å². The van der Waals surface area contributed by atoms with Crippen LogP contribution in [0.4, 0.5) is 34.9 Å². The Morgan fingerprint density at radius 2 is 1.51 bits per heavy atom. The van der Waals surface area contributed by atoms with Crippen molar-refractivity contribution >= 4 is 57.6 Å². The van der Waals surface area contributed by atoms with E-state index in [2.05, 4.69) is 66.6 Å². The number of aromatic nitrogens is 5. The van der Waals surface area contributed by atoms with Crippen LogP contribution in [-0.4, -0.2) is 94.9 Å². The summed E-state index contributed by atoms with van der Waals surface area (Å²) in [6, 6.07) is 10.4. The largest absolute Gasteiger partial charge is 0.354 e. The maximum atomic E-state index is 12.8. The van der Waals surface area contributed by atoms with Crippen LogP contribution >= 0.6 is 0 Å². The van der Waals surface area contributed by atoms with Crippen LogP contribution in [0, 0.1) is 0 Å². The Hall–Kier alpha value is -5.22. The fraction of sp³-hybridized carbons (Fsp3) is 0.379. The van der Waals surface area contributed by atoms with Crippen molar-refractivity contribution in [3.8, 4) is 0 Å². The van der Waals surface area contributed by atoms with E-state index in [0.717, 1.165) is 25.9 Å². The Kier molecular flexibility index (Phi) is 11.6. The van der Waals surface area contributed by atoms with Gasteiger partial charge in [0.2, 0.25) is 23.9 Å². The number of imidazole rings is 1. The van der Waals surface area contributed by atoms with Gasteiger partial charge < -0.3 is 41.5 Å². The summed E-state index contributed by atoms with van der Waals surface area (Å²) in [6.07, 6.45) is 1.84. The molecular formula is C29H39N13O3. The average molecular weight is 618 g/mol. The van der Waals surface area contributed by atoms with Crippen molar-refractivity contribution in [1.29, 1.82) is 0 Å². The van der Waals surface area contributed by atoms with Gasteiger partial charge in [-0.15, -0.1) is 0 Å². The fourth-order valence-electron chi connectivity index (χ4n) is 4.15. The first-order valence-corrected chi connectivity index (χ1v) is 14.5. The number of carbonyl (C=O) groups is 2. The van der Waals surface area contributed by atoms with Crippen molar-refractivity contribution in [2.24, 2.45) is 10.2 Å². The summed E-state index contributed by atoms with van der Waals surface area (Å²) in [4.78, 5) is 57.4. The Labute approximate surface area is 259 Å². The highest BCUT2D eigenvalue weighted by Gasteiger charge is 2.23. The summed E-state index contributed by atoms with van der Waals surface area (Å²) in [7, 11) is 5.96. The quantitative estimate of drug-likeness (QED) is 0.0520. The molecule has 0 aliphatic rings. The highest BCUT2D eigenvalue weighted by atomic mass is 16.2. The van der Waals surface area contributed by atoms with E-state index >= 15 is 0 Å². The Morgan fingerprint density at radius 1 is 0.867 bits per heavy atom. The topological polar surface area (TPSA) is 210 Å². The van der Waals surface area contributed by atoms with Gasteiger partial charge in [0, 0.05) is 24.5 Å². The number of rotatable bonds is 17. The van der Waals surface area contributed by atoms with Crippen molar-refractivity contribution in [2.75, 3.05) is 68.6 Å². The van der Waals surface area contributed by atoms with Gasteiger partial charge in [-0.05, 0) is 96.5 Å². The van der Waals surface area contributed by atoms with Crippen LogP contribution in [-0.2, 0) is 9.59 Å². The number of nitrogens with zero attached hydrogens (tertiary/aromatic N) is 6. The van der Waals surface area contributed by atoms with Gasteiger partial charge in [-0.25, -0.2) is 4.79 Å². The van der Waals surface area contributed by atoms with E-state index in [4.69, 9.17) is 0 Å². The van der Waals surface area contributed by atoms with Crippen molar-refractivity contribution in [3.63, 3.8) is 0 Å². The molecule has 0 saturated heterocycles. The second-order valence-electron chi connectivity index (χ2n) is 10.5. The smallest absolute Gasteiger partial charge is 0.323 e. The summed E-state index contributed by atoms with van der Waals surface area (Å²) in [6.45, 7) is 4.49. The molecule has 2 aromatic heterocycles. The lowest BCUT2D eigenvalue weighted by atomic mass is 10.2. The molecule has 2 heterocycles. The van der Waals surface area contributed by atoms with Crippen LogP contribution in [0.5, 0.6) is 0 Å². The predicted octanol–water partition coefficient (Wildman–Crippen LogP) is 2.85. The number of azo groups is 1. The van der Waals surface area contributed by atoms with Crippen molar-refractivity contribution in [3.05, 3.63) is 52.9 Å². The number of Topliss-reactive ketones (excluding diaryl/α,β-unsaturated/α-hetero) is 1. The molecule has 0 fully saturated rings. The molecular weight excluding hydrogens is 578 g/mol. The Balaban J connectivity index is 1.40. The van der Waals surface area contributed by atoms with E-state index in [1.54, 1.807) is 42.5 Å². The molecule has 4 rings (SSSR count). The number of H-pyrrole nitrogens is 2. The molecule has 2 aromatic carbocycles. The summed E-state index contributed by atoms with van der Waals surface area (Å²) in [5, 5.41) is 23.6. The molecule has 1 atom stereocenters. The molecule has 0 aliphatic carbocycles. The van der Waals surface area contributed by atoms with Gasteiger partial charge in [0.15, 0.2) is 5.78 Å². The second-order valence-corrected chi connectivity index (χ2v) is 10.5. The zero-order chi connectivity index (χ0) is 32.2. The number of fused-ring (bicyclic) bond motifs is 1. The zero-order valence-electron chi connectivity index (χ0n) is 25.8. The monoisotopic (exact) mass is 617 g/mol. The number of hydrogen-bond acceptors (Lipinski definition) is 13. The van der Waals surface area contributed by atoms with Crippen LogP contribution in [0.1, 0.15) is 19.8 Å². The number of anilines is 5. The molecule has 238 valence electrons. The van der Waals surface area contributed by atoms with Crippen LogP contribution in [0.25, 0.3) is 11.0 Å². The number of hydrogen-bond donors (Lipinski definition) is 7. The normalized spacial score (nSPS) is 12.0. The van der Waals surface area contributed by atoms with Crippen LogP contribution in [0.2, 0.25) is 0 Å². The molecule has 45 heavy (non-hydrogen) atoms. The minimum Gasteiger partial charge on any atom is -0.354 e. The molecule has 0 bridgehead atoms. The number of benzene rings is 2. The van der Waals surface area contributed by atoms with E-state index in [-0.39, 0.29) is 5.69 Å². The molecule has 0 saturated carbocycles. The minimum atomic E-state index is -1.35. The Morgan fingerprint density at radius 3 is 2.18 bits per heavy atom. The third-order valence-corrected chi connectivity index (χ3v) is 6.42. The summed E-state index contributed by atoms with van der Waals surface area (Å²) in [5.41, 5.74) is 2.30. The SMILES string of the molecule is CNCCCNc1nc(NCCCN(C)C)nc(Nc2ccc(N=NC(C(C)=O)C(=O)Nc3ccc4[nH]c(=O)[nH]c4c3)cc2)n1. The third kappa shape index (κ3) is 10.2. The van der Waals surface area contributed by atoms with Crippen LogP contribution < -0.4 is 32.3 Å². The van der Waals surface area contributed by atoms with E-state index in [1.165, 1.54) is 6.92 Å². The number of aromatic amines is 2. The number of carbonyl (C=O) groups excluding carboxylic acids is 2. The molecule has 7 N–H and O–H groups in total. The molecule has 1 amide bonds. The summed E-state index contributed by atoms with van der Waals surface area (Å²) < 4.78 is 0. The van der Waals surface area contributed by atoms with E-state index in [9.17, 15) is 14.4 Å². The maximum absolute atomic E-state index is 12.8. The first kappa shape index (κ1) is 32.7. The van der Waals surface area contributed by atoms with Crippen molar-refractivity contribution in [2.45, 2.75) is 25.8 Å². The van der Waals surface area contributed by atoms with E-state index in [1.807, 2.05) is 21.1 Å². The first-order chi connectivity index (χ1) is 21.7. The Bertz CT molecular complexity index is 1660. The molecule has 1 unspecified atom stereocenters. The lowest BCUT2D eigenvalue weighted by Gasteiger charge is -2.13. The average Bonchev–Trinajstić information content (AvgIpc) is 3.37. The fourth-order valence-corrected chi connectivity index (χ4v) is 4.15. The van der Waals surface area contributed by atoms with Crippen molar-refractivity contribution < 1.29 is 9.59 Å². The van der Waals surface area contributed by atoms with Gasteiger partial charge in [-0.2, -0.15) is 25.2 Å². The predicted molar refractivity (Wildman–Crippen MR) is 175 cm³/mol. The third-order valence-electron chi connectivity index (χ3n) is 6.42. The lowest BCUT2D eigenvalue weighted by molar-refractivity contribution is -0.126.